The summed E-state index contributed by atoms with van der Waals surface area (Å²) in [4.78, 5) is 30.5. The van der Waals surface area contributed by atoms with Gasteiger partial charge in [-0.15, -0.1) is 0 Å². The summed E-state index contributed by atoms with van der Waals surface area (Å²) in [6, 6.07) is 15.4. The molecule has 0 unspecified atom stereocenters. The molecule has 2 aromatic rings. The van der Waals surface area contributed by atoms with Crippen molar-refractivity contribution < 1.29 is 14.3 Å². The van der Waals surface area contributed by atoms with Gasteiger partial charge in [0.15, 0.2) is 0 Å². The first-order chi connectivity index (χ1) is 15.1. The highest BCUT2D eigenvalue weighted by Crippen LogP contribution is 2.21. The molecule has 0 bridgehead atoms. The van der Waals surface area contributed by atoms with Crippen LogP contribution in [0.25, 0.3) is 0 Å². The molecule has 2 aliphatic rings. The number of anilines is 2. The smallest absolute Gasteiger partial charge is 0.321 e. The van der Waals surface area contributed by atoms with Crippen molar-refractivity contribution in [2.75, 3.05) is 56.1 Å². The number of nitrogens with zero attached hydrogens (tertiary/aromatic N) is 3. The molecule has 0 radical (unpaired) electrons. The number of urea groups is 2. The third-order valence-corrected chi connectivity index (χ3v) is 5.57. The highest BCUT2D eigenvalue weighted by Gasteiger charge is 2.23. The number of carbonyl (C=O) groups excluding carboxylic acids is 2. The van der Waals surface area contributed by atoms with Crippen LogP contribution in [0.15, 0.2) is 48.5 Å². The summed E-state index contributed by atoms with van der Waals surface area (Å²) in [7, 11) is 0. The molecular formula is C23H29N5O3. The van der Waals surface area contributed by atoms with Crippen LogP contribution in [0.4, 0.5) is 21.0 Å². The number of carbonyl (C=O) groups is 2. The Bertz CT molecular complexity index is 910. The van der Waals surface area contributed by atoms with Crippen molar-refractivity contribution in [3.63, 3.8) is 0 Å². The van der Waals surface area contributed by atoms with E-state index in [1.807, 2.05) is 48.2 Å². The van der Waals surface area contributed by atoms with Crippen molar-refractivity contribution in [1.82, 2.24) is 15.1 Å². The molecule has 2 aliphatic heterocycles. The number of nitrogens with one attached hydrogen (secondary N) is 2. The number of rotatable bonds is 6. The molecule has 2 N–H and O–H groups in total. The van der Waals surface area contributed by atoms with Crippen molar-refractivity contribution in [1.29, 1.82) is 0 Å². The Morgan fingerprint density at radius 1 is 1.06 bits per heavy atom. The zero-order valence-corrected chi connectivity index (χ0v) is 17.8. The highest BCUT2D eigenvalue weighted by atomic mass is 16.5. The number of hydrogen-bond acceptors (Lipinski definition) is 4. The van der Waals surface area contributed by atoms with Crippen molar-refractivity contribution in [2.24, 2.45) is 0 Å². The highest BCUT2D eigenvalue weighted by molar-refractivity contribution is 5.95. The maximum Gasteiger partial charge on any atom is 0.321 e. The topological polar surface area (TPSA) is 77.2 Å². The lowest BCUT2D eigenvalue weighted by molar-refractivity contribution is 0.143. The van der Waals surface area contributed by atoms with E-state index in [2.05, 4.69) is 27.7 Å². The van der Waals surface area contributed by atoms with Crippen molar-refractivity contribution in [3.05, 3.63) is 54.1 Å². The zero-order chi connectivity index (χ0) is 21.6. The Morgan fingerprint density at radius 3 is 2.52 bits per heavy atom. The Labute approximate surface area is 182 Å². The van der Waals surface area contributed by atoms with E-state index in [0.29, 0.717) is 38.5 Å². The molecule has 8 nitrogen and oxygen atoms in total. The summed E-state index contributed by atoms with van der Waals surface area (Å²) in [5.41, 5.74) is 2.72. The van der Waals surface area contributed by atoms with E-state index in [4.69, 9.17) is 4.74 Å². The fraction of sp³-hybridized carbons (Fsp3) is 0.391. The molecule has 0 saturated carbocycles. The molecule has 2 fully saturated rings. The minimum atomic E-state index is -0.108. The Kier molecular flexibility index (Phi) is 6.57. The number of amides is 4. The Balaban J connectivity index is 1.27. The Hall–Kier alpha value is -3.26. The van der Waals surface area contributed by atoms with E-state index in [1.54, 1.807) is 4.90 Å². The lowest BCUT2D eigenvalue weighted by Crippen LogP contribution is -2.49. The normalized spacial score (nSPS) is 16.9. The third-order valence-electron chi connectivity index (χ3n) is 5.57. The second kappa shape index (κ2) is 9.70. The van der Waals surface area contributed by atoms with Gasteiger partial charge in [0, 0.05) is 57.2 Å². The molecule has 2 aromatic carbocycles. The average molecular weight is 424 g/mol. The monoisotopic (exact) mass is 423 g/mol. The quantitative estimate of drug-likeness (QED) is 0.749. The molecule has 4 rings (SSSR count). The third kappa shape index (κ3) is 5.27. The number of ether oxygens (including phenoxy) is 1. The lowest BCUT2D eigenvalue weighted by atomic mass is 10.2. The molecular weight excluding hydrogens is 394 g/mol. The fourth-order valence-corrected chi connectivity index (χ4v) is 3.90. The SMILES string of the molecule is CCOc1ccc(CN2CCN(C(=O)Nc3cccc(N4CCNC4=O)c3)CC2)cc1. The van der Waals surface area contributed by atoms with Gasteiger partial charge in [-0.3, -0.25) is 9.80 Å². The first kappa shape index (κ1) is 21.0. The van der Waals surface area contributed by atoms with E-state index >= 15 is 0 Å². The van der Waals surface area contributed by atoms with Crippen molar-refractivity contribution >= 4 is 23.4 Å². The summed E-state index contributed by atoms with van der Waals surface area (Å²) < 4.78 is 5.49. The molecule has 31 heavy (non-hydrogen) atoms. The van der Waals surface area contributed by atoms with Crippen LogP contribution < -0.4 is 20.3 Å². The maximum absolute atomic E-state index is 12.7. The molecule has 164 valence electrons. The van der Waals surface area contributed by atoms with Crippen LogP contribution in [-0.4, -0.2) is 67.7 Å². The van der Waals surface area contributed by atoms with Gasteiger partial charge in [-0.25, -0.2) is 9.59 Å². The van der Waals surface area contributed by atoms with Gasteiger partial charge in [0.25, 0.3) is 0 Å². The van der Waals surface area contributed by atoms with Crippen LogP contribution in [0, 0.1) is 0 Å². The van der Waals surface area contributed by atoms with E-state index in [9.17, 15) is 9.59 Å². The van der Waals surface area contributed by atoms with Gasteiger partial charge in [-0.1, -0.05) is 18.2 Å². The summed E-state index contributed by atoms with van der Waals surface area (Å²) >= 11 is 0. The number of piperazine rings is 1. The molecule has 0 aliphatic carbocycles. The van der Waals surface area contributed by atoms with E-state index in [0.717, 1.165) is 31.1 Å². The molecule has 0 spiro atoms. The molecule has 0 atom stereocenters. The number of benzene rings is 2. The van der Waals surface area contributed by atoms with Gasteiger partial charge < -0.3 is 20.3 Å². The van der Waals surface area contributed by atoms with Crippen molar-refractivity contribution in [2.45, 2.75) is 13.5 Å². The largest absolute Gasteiger partial charge is 0.494 e. The van der Waals surface area contributed by atoms with E-state index < -0.39 is 0 Å². The van der Waals surface area contributed by atoms with Gasteiger partial charge in [0.1, 0.15) is 5.75 Å². The van der Waals surface area contributed by atoms with Crippen LogP contribution in [-0.2, 0) is 6.54 Å². The summed E-state index contributed by atoms with van der Waals surface area (Å²) in [5.74, 6) is 0.891. The van der Waals surface area contributed by atoms with E-state index in [-0.39, 0.29) is 12.1 Å². The van der Waals surface area contributed by atoms with Gasteiger partial charge in [-0.2, -0.15) is 0 Å². The van der Waals surface area contributed by atoms with E-state index in [1.165, 1.54) is 5.56 Å². The molecule has 2 heterocycles. The van der Waals surface area contributed by atoms with Gasteiger partial charge in [0.05, 0.1) is 6.61 Å². The van der Waals surface area contributed by atoms with Gasteiger partial charge >= 0.3 is 12.1 Å². The van der Waals surface area contributed by atoms with Crippen LogP contribution in [0.3, 0.4) is 0 Å². The second-order valence-electron chi connectivity index (χ2n) is 7.70. The minimum absolute atomic E-state index is 0.105. The lowest BCUT2D eigenvalue weighted by Gasteiger charge is -2.34. The molecule has 0 aromatic heterocycles. The van der Waals surface area contributed by atoms with Crippen LogP contribution in [0.1, 0.15) is 12.5 Å². The fourth-order valence-electron chi connectivity index (χ4n) is 3.90. The first-order valence-electron chi connectivity index (χ1n) is 10.8. The predicted molar refractivity (Wildman–Crippen MR) is 121 cm³/mol. The Morgan fingerprint density at radius 2 is 1.84 bits per heavy atom. The van der Waals surface area contributed by atoms with Gasteiger partial charge in [-0.05, 0) is 42.8 Å². The maximum atomic E-state index is 12.7. The summed E-state index contributed by atoms with van der Waals surface area (Å²) in [5, 5.41) is 5.76. The first-order valence-corrected chi connectivity index (χ1v) is 10.8. The second-order valence-corrected chi connectivity index (χ2v) is 7.70. The standard InChI is InChI=1S/C23H29N5O3/c1-2-31-21-8-6-18(7-9-21)17-26-12-14-27(15-13-26)23(30)25-19-4-3-5-20(16-19)28-11-10-24-22(28)29/h3-9,16H,2,10-15,17H2,1H3,(H,24,29)(H,25,30). The zero-order valence-electron chi connectivity index (χ0n) is 17.8. The van der Waals surface area contributed by atoms with Crippen LogP contribution in [0.5, 0.6) is 5.75 Å². The summed E-state index contributed by atoms with van der Waals surface area (Å²) in [6.45, 7) is 7.79. The number of hydrogen-bond donors (Lipinski definition) is 2. The van der Waals surface area contributed by atoms with Crippen LogP contribution >= 0.6 is 0 Å². The molecule has 4 amide bonds. The van der Waals surface area contributed by atoms with Crippen LogP contribution in [0.2, 0.25) is 0 Å². The summed E-state index contributed by atoms with van der Waals surface area (Å²) in [6.07, 6.45) is 0. The molecule has 8 heteroatoms. The average Bonchev–Trinajstić information content (AvgIpc) is 3.22. The minimum Gasteiger partial charge on any atom is -0.494 e. The van der Waals surface area contributed by atoms with Crippen molar-refractivity contribution in [3.8, 4) is 5.75 Å². The molecule has 2 saturated heterocycles. The van der Waals surface area contributed by atoms with Gasteiger partial charge in [0.2, 0.25) is 0 Å². The predicted octanol–water partition coefficient (Wildman–Crippen LogP) is 2.96.